The molecule has 112 valence electrons. The van der Waals surface area contributed by atoms with Gasteiger partial charge in [0.25, 0.3) is 5.91 Å². The Morgan fingerprint density at radius 2 is 2.29 bits per heavy atom. The fourth-order valence-electron chi connectivity index (χ4n) is 2.89. The molecule has 2 aromatic rings. The number of aliphatic hydroxyl groups is 1. The number of aliphatic hydroxyl groups excluding tert-OH is 1. The van der Waals surface area contributed by atoms with Crippen molar-refractivity contribution >= 4 is 16.9 Å². The van der Waals surface area contributed by atoms with Gasteiger partial charge < -0.3 is 14.4 Å². The van der Waals surface area contributed by atoms with Crippen LogP contribution >= 0.6 is 0 Å². The molecule has 1 N–H and O–H groups in total. The molecule has 4 nitrogen and oxygen atoms in total. The van der Waals surface area contributed by atoms with E-state index in [2.05, 4.69) is 0 Å². The summed E-state index contributed by atoms with van der Waals surface area (Å²) in [5, 5.41) is 9.87. The van der Waals surface area contributed by atoms with Gasteiger partial charge in [0, 0.05) is 24.6 Å². The molecule has 1 aliphatic heterocycles. The molecule has 2 heterocycles. The lowest BCUT2D eigenvalue weighted by Gasteiger charge is -2.36. The quantitative estimate of drug-likeness (QED) is 0.925. The van der Waals surface area contributed by atoms with Gasteiger partial charge in [-0.3, -0.25) is 4.79 Å². The molecule has 5 heteroatoms. The number of benzene rings is 1. The number of carbonyl (C=O) groups excluding carboxylic acids is 1. The maximum Gasteiger partial charge on any atom is 0.289 e. The van der Waals surface area contributed by atoms with Crippen molar-refractivity contribution in [3.8, 4) is 0 Å². The van der Waals surface area contributed by atoms with Crippen molar-refractivity contribution in [1.82, 2.24) is 4.90 Å². The summed E-state index contributed by atoms with van der Waals surface area (Å²) >= 11 is 0. The van der Waals surface area contributed by atoms with Crippen molar-refractivity contribution in [3.05, 3.63) is 35.8 Å². The minimum atomic E-state index is -0.466. The van der Waals surface area contributed by atoms with Crippen molar-refractivity contribution in [1.29, 1.82) is 0 Å². The highest BCUT2D eigenvalue weighted by Gasteiger charge is 2.31. The number of hydrogen-bond acceptors (Lipinski definition) is 3. The lowest BCUT2D eigenvalue weighted by Crippen LogP contribution is -2.46. The van der Waals surface area contributed by atoms with Crippen LogP contribution in [0, 0.1) is 11.7 Å². The topological polar surface area (TPSA) is 53.7 Å². The molecular weight excluding hydrogens is 273 g/mol. The van der Waals surface area contributed by atoms with Crippen LogP contribution in [0.5, 0.6) is 0 Å². The van der Waals surface area contributed by atoms with Gasteiger partial charge in [-0.1, -0.05) is 12.1 Å². The van der Waals surface area contributed by atoms with Gasteiger partial charge >= 0.3 is 0 Å². The molecule has 2 unspecified atom stereocenters. The van der Waals surface area contributed by atoms with E-state index in [1.165, 1.54) is 6.07 Å². The maximum absolute atomic E-state index is 13.6. The Morgan fingerprint density at radius 1 is 1.48 bits per heavy atom. The molecule has 0 radical (unpaired) electrons. The van der Waals surface area contributed by atoms with Crippen LogP contribution in [-0.4, -0.2) is 35.1 Å². The predicted molar refractivity (Wildman–Crippen MR) is 76.5 cm³/mol. The summed E-state index contributed by atoms with van der Waals surface area (Å²) in [6, 6.07) is 6.29. The monoisotopic (exact) mass is 291 g/mol. The number of furan rings is 1. The van der Waals surface area contributed by atoms with E-state index < -0.39 is 5.82 Å². The summed E-state index contributed by atoms with van der Waals surface area (Å²) in [5.74, 6) is -0.450. The molecule has 1 aromatic carbocycles. The Labute approximate surface area is 122 Å². The Balaban J connectivity index is 1.90. The van der Waals surface area contributed by atoms with E-state index in [0.717, 1.165) is 12.8 Å². The number of hydrogen-bond donors (Lipinski definition) is 1. The van der Waals surface area contributed by atoms with Crippen LogP contribution in [-0.2, 0) is 0 Å². The van der Waals surface area contributed by atoms with Crippen molar-refractivity contribution in [2.24, 2.45) is 5.92 Å². The number of carbonyl (C=O) groups is 1. The van der Waals surface area contributed by atoms with E-state index in [1.807, 2.05) is 6.92 Å². The van der Waals surface area contributed by atoms with Crippen LogP contribution in [0.4, 0.5) is 4.39 Å². The summed E-state index contributed by atoms with van der Waals surface area (Å²) in [5.41, 5.74) is 0.115. The van der Waals surface area contributed by atoms with E-state index in [-0.39, 0.29) is 35.8 Å². The summed E-state index contributed by atoms with van der Waals surface area (Å²) in [6.07, 6.45) is 1.77. The molecule has 3 rings (SSSR count). The van der Waals surface area contributed by atoms with E-state index >= 15 is 0 Å². The number of fused-ring (bicyclic) bond motifs is 1. The fraction of sp³-hybridized carbons (Fsp3) is 0.438. The zero-order valence-corrected chi connectivity index (χ0v) is 11.9. The molecule has 0 saturated carbocycles. The first-order valence-electron chi connectivity index (χ1n) is 7.20. The first kappa shape index (κ1) is 14.1. The molecule has 2 atom stereocenters. The van der Waals surface area contributed by atoms with E-state index in [0.29, 0.717) is 11.9 Å². The molecule has 1 aliphatic rings. The van der Waals surface area contributed by atoms with Crippen molar-refractivity contribution in [2.45, 2.75) is 25.8 Å². The second kappa shape index (κ2) is 5.48. The van der Waals surface area contributed by atoms with Crippen LogP contribution in [0.3, 0.4) is 0 Å². The lowest BCUT2D eigenvalue weighted by molar-refractivity contribution is 0.0461. The summed E-state index contributed by atoms with van der Waals surface area (Å²) in [7, 11) is 0. The van der Waals surface area contributed by atoms with Crippen LogP contribution < -0.4 is 0 Å². The molecule has 0 aliphatic carbocycles. The third-order valence-electron chi connectivity index (χ3n) is 4.21. The average molecular weight is 291 g/mol. The standard InChI is InChI=1S/C16H18FNO3/c1-10-5-6-11(9-19)8-18(10)16(20)14-7-12-3-2-4-13(17)15(12)21-14/h2-4,7,10-11,19H,5-6,8-9H2,1H3. The highest BCUT2D eigenvalue weighted by molar-refractivity contribution is 5.96. The molecule has 1 fully saturated rings. The summed E-state index contributed by atoms with van der Waals surface area (Å²) < 4.78 is 19.0. The summed E-state index contributed by atoms with van der Waals surface area (Å²) in [6.45, 7) is 2.57. The van der Waals surface area contributed by atoms with E-state index in [1.54, 1.807) is 23.1 Å². The van der Waals surface area contributed by atoms with Crippen molar-refractivity contribution < 1.29 is 18.7 Å². The zero-order valence-electron chi connectivity index (χ0n) is 11.9. The number of nitrogens with zero attached hydrogens (tertiary/aromatic N) is 1. The van der Waals surface area contributed by atoms with Crippen LogP contribution in [0.15, 0.2) is 28.7 Å². The maximum atomic E-state index is 13.6. The SMILES string of the molecule is CC1CCC(CO)CN1C(=O)c1cc2cccc(F)c2o1. The van der Waals surface area contributed by atoms with E-state index in [4.69, 9.17) is 4.42 Å². The molecule has 1 saturated heterocycles. The highest BCUT2D eigenvalue weighted by Crippen LogP contribution is 2.27. The minimum absolute atomic E-state index is 0.0747. The number of para-hydroxylation sites is 1. The average Bonchev–Trinajstić information content (AvgIpc) is 2.93. The number of rotatable bonds is 2. The minimum Gasteiger partial charge on any atom is -0.448 e. The number of amides is 1. The number of likely N-dealkylation sites (tertiary alicyclic amines) is 1. The molecular formula is C16H18FNO3. The number of piperidine rings is 1. The molecule has 21 heavy (non-hydrogen) atoms. The van der Waals surface area contributed by atoms with Crippen molar-refractivity contribution in [2.75, 3.05) is 13.2 Å². The Kier molecular flexibility index (Phi) is 3.68. The predicted octanol–water partition coefficient (Wildman–Crippen LogP) is 2.80. The van der Waals surface area contributed by atoms with Gasteiger partial charge in [0.05, 0.1) is 0 Å². The van der Waals surface area contributed by atoms with Crippen LogP contribution in [0.1, 0.15) is 30.3 Å². The van der Waals surface area contributed by atoms with Crippen LogP contribution in [0.2, 0.25) is 0 Å². The van der Waals surface area contributed by atoms with Gasteiger partial charge in [0.15, 0.2) is 17.2 Å². The van der Waals surface area contributed by atoms with Crippen LogP contribution in [0.25, 0.3) is 11.0 Å². The second-order valence-corrected chi connectivity index (χ2v) is 5.70. The van der Waals surface area contributed by atoms with Gasteiger partial charge in [-0.15, -0.1) is 0 Å². The Morgan fingerprint density at radius 3 is 3.00 bits per heavy atom. The molecule has 1 amide bonds. The summed E-state index contributed by atoms with van der Waals surface area (Å²) in [4.78, 5) is 14.3. The Bertz CT molecular complexity index is 667. The zero-order chi connectivity index (χ0) is 15.0. The third-order valence-corrected chi connectivity index (χ3v) is 4.21. The third kappa shape index (κ3) is 2.53. The Hall–Kier alpha value is -1.88. The first-order chi connectivity index (χ1) is 10.1. The normalized spacial score (nSPS) is 22.7. The van der Waals surface area contributed by atoms with Gasteiger partial charge in [-0.2, -0.15) is 0 Å². The molecule has 0 spiro atoms. The lowest BCUT2D eigenvalue weighted by atomic mass is 9.94. The largest absolute Gasteiger partial charge is 0.448 e. The van der Waals surface area contributed by atoms with Gasteiger partial charge in [0.1, 0.15) is 0 Å². The molecule has 1 aromatic heterocycles. The highest BCUT2D eigenvalue weighted by atomic mass is 19.1. The van der Waals surface area contributed by atoms with Gasteiger partial charge in [-0.05, 0) is 37.8 Å². The number of halogens is 1. The first-order valence-corrected chi connectivity index (χ1v) is 7.20. The van der Waals surface area contributed by atoms with Gasteiger partial charge in [-0.25, -0.2) is 4.39 Å². The fourth-order valence-corrected chi connectivity index (χ4v) is 2.89. The smallest absolute Gasteiger partial charge is 0.289 e. The second-order valence-electron chi connectivity index (χ2n) is 5.70. The van der Waals surface area contributed by atoms with Crippen molar-refractivity contribution in [3.63, 3.8) is 0 Å². The van der Waals surface area contributed by atoms with E-state index in [9.17, 15) is 14.3 Å². The molecule has 0 bridgehead atoms. The van der Waals surface area contributed by atoms with Gasteiger partial charge in [0.2, 0.25) is 0 Å².